The second-order valence-corrected chi connectivity index (χ2v) is 7.80. The zero-order valence-electron chi connectivity index (χ0n) is 15.3. The first-order chi connectivity index (χ1) is 10.8. The van der Waals surface area contributed by atoms with Crippen molar-refractivity contribution in [3.8, 4) is 0 Å². The van der Waals surface area contributed by atoms with Crippen LogP contribution in [-0.2, 0) is 14.3 Å². The predicted molar refractivity (Wildman–Crippen MR) is 92.1 cm³/mol. The Morgan fingerprint density at radius 1 is 0.917 bits per heavy atom. The molecule has 0 bridgehead atoms. The molecule has 0 rings (SSSR count). The number of hydrogen-bond acceptors (Lipinski definition) is 5. The summed E-state index contributed by atoms with van der Waals surface area (Å²) in [6, 6.07) is -0.817. The van der Waals surface area contributed by atoms with Crippen LogP contribution in [0.2, 0.25) is 0 Å². The zero-order valence-corrected chi connectivity index (χ0v) is 16.1. The Hall–Kier alpha value is -1.50. The monoisotopic (exact) mass is 364 g/mol. The first-order valence-electron chi connectivity index (χ1n) is 7.96. The molecule has 1 unspecified atom stereocenters. The van der Waals surface area contributed by atoms with E-state index in [0.29, 0.717) is 25.8 Å². The van der Waals surface area contributed by atoms with Crippen molar-refractivity contribution in [3.05, 3.63) is 0 Å². The van der Waals surface area contributed by atoms with E-state index in [4.69, 9.17) is 21.1 Å². The van der Waals surface area contributed by atoms with Crippen LogP contribution >= 0.6 is 11.6 Å². The minimum Gasteiger partial charge on any atom is -0.444 e. The van der Waals surface area contributed by atoms with Gasteiger partial charge in [0.2, 0.25) is 5.24 Å². The molecule has 7 nitrogen and oxygen atoms in total. The Kier molecular flexibility index (Phi) is 9.11. The highest BCUT2D eigenvalue weighted by atomic mass is 35.5. The molecular weight excluding hydrogens is 336 g/mol. The minimum absolute atomic E-state index is 0.359. The zero-order chi connectivity index (χ0) is 19.0. The highest BCUT2D eigenvalue weighted by Crippen LogP contribution is 2.10. The van der Waals surface area contributed by atoms with Crippen LogP contribution in [0.25, 0.3) is 0 Å². The molecule has 0 heterocycles. The van der Waals surface area contributed by atoms with Crippen molar-refractivity contribution < 1.29 is 23.9 Å². The van der Waals surface area contributed by atoms with E-state index in [0.717, 1.165) is 0 Å². The number of halogens is 1. The summed E-state index contributed by atoms with van der Waals surface area (Å²) in [5.74, 6) is 0. The fraction of sp³-hybridized carbons (Fsp3) is 0.812. The van der Waals surface area contributed by atoms with Gasteiger partial charge in [-0.25, -0.2) is 9.59 Å². The average molecular weight is 365 g/mol. The Morgan fingerprint density at radius 2 is 1.42 bits per heavy atom. The van der Waals surface area contributed by atoms with E-state index in [1.54, 1.807) is 41.5 Å². The molecule has 0 aliphatic heterocycles. The van der Waals surface area contributed by atoms with Crippen LogP contribution in [0.5, 0.6) is 0 Å². The van der Waals surface area contributed by atoms with Gasteiger partial charge in [0.15, 0.2) is 0 Å². The predicted octanol–water partition coefficient (Wildman–Crippen LogP) is 3.34. The molecule has 0 fully saturated rings. The molecule has 8 heteroatoms. The van der Waals surface area contributed by atoms with Gasteiger partial charge < -0.3 is 20.1 Å². The number of alkyl carbamates (subject to hydrolysis) is 2. The molecule has 0 saturated heterocycles. The van der Waals surface area contributed by atoms with Crippen molar-refractivity contribution in [1.29, 1.82) is 0 Å². The molecule has 24 heavy (non-hydrogen) atoms. The topological polar surface area (TPSA) is 93.7 Å². The van der Waals surface area contributed by atoms with Crippen LogP contribution in [0.4, 0.5) is 9.59 Å². The molecule has 1 atom stereocenters. The van der Waals surface area contributed by atoms with Crippen LogP contribution in [0.15, 0.2) is 0 Å². The highest BCUT2D eigenvalue weighted by molar-refractivity contribution is 6.64. The fourth-order valence-electron chi connectivity index (χ4n) is 1.67. The standard InChI is InChI=1S/C16H29ClN2O5/c1-15(2,3)23-13(21)18-10-8-7-9-11(12(17)20)19-14(22)24-16(4,5)6/h11H,7-10H2,1-6H3,(H,18,21)(H,19,22). The lowest BCUT2D eigenvalue weighted by atomic mass is 10.1. The molecule has 2 N–H and O–H groups in total. The molecule has 0 radical (unpaired) electrons. The third-order valence-corrected chi connectivity index (χ3v) is 2.82. The van der Waals surface area contributed by atoms with Crippen molar-refractivity contribution >= 4 is 29.0 Å². The van der Waals surface area contributed by atoms with E-state index < -0.39 is 34.7 Å². The first kappa shape index (κ1) is 22.5. The first-order valence-corrected chi connectivity index (χ1v) is 8.33. The second-order valence-electron chi connectivity index (χ2n) is 7.43. The van der Waals surface area contributed by atoms with Gasteiger partial charge in [-0.05, 0) is 72.4 Å². The molecule has 0 aliphatic carbocycles. The SMILES string of the molecule is CC(C)(C)OC(=O)NCCCCC(NC(=O)OC(C)(C)C)C(=O)Cl. The summed E-state index contributed by atoms with van der Waals surface area (Å²) >= 11 is 5.50. The van der Waals surface area contributed by atoms with E-state index in [1.807, 2.05) is 0 Å². The van der Waals surface area contributed by atoms with Crippen molar-refractivity contribution in [3.63, 3.8) is 0 Å². The molecule has 2 amide bonds. The summed E-state index contributed by atoms with van der Waals surface area (Å²) in [6.45, 7) is 10.9. The lowest BCUT2D eigenvalue weighted by Gasteiger charge is -2.22. The Balaban J connectivity index is 4.09. The third kappa shape index (κ3) is 13.0. The van der Waals surface area contributed by atoms with Crippen molar-refractivity contribution in [2.24, 2.45) is 0 Å². The number of unbranched alkanes of at least 4 members (excludes halogenated alkanes) is 1. The van der Waals surface area contributed by atoms with Gasteiger partial charge in [0.05, 0.1) is 0 Å². The number of nitrogens with one attached hydrogen (secondary N) is 2. The van der Waals surface area contributed by atoms with Crippen LogP contribution in [0.3, 0.4) is 0 Å². The van der Waals surface area contributed by atoms with Crippen molar-refractivity contribution in [2.75, 3.05) is 6.54 Å². The van der Waals surface area contributed by atoms with E-state index >= 15 is 0 Å². The average Bonchev–Trinajstić information content (AvgIpc) is 2.32. The van der Waals surface area contributed by atoms with E-state index in [1.165, 1.54) is 0 Å². The summed E-state index contributed by atoms with van der Waals surface area (Å²) in [5, 5.41) is 4.42. The molecule has 0 aromatic carbocycles. The lowest BCUT2D eigenvalue weighted by Crippen LogP contribution is -2.42. The Morgan fingerprint density at radius 3 is 1.88 bits per heavy atom. The Bertz CT molecular complexity index is 441. The van der Waals surface area contributed by atoms with E-state index in [2.05, 4.69) is 10.6 Å². The third-order valence-electron chi connectivity index (χ3n) is 2.55. The highest BCUT2D eigenvalue weighted by Gasteiger charge is 2.23. The second kappa shape index (κ2) is 9.71. The maximum absolute atomic E-state index is 11.7. The number of ether oxygens (including phenoxy) is 2. The molecule has 0 saturated carbocycles. The number of amides is 2. The van der Waals surface area contributed by atoms with Gasteiger partial charge in [-0.2, -0.15) is 0 Å². The number of carbonyl (C=O) groups excluding carboxylic acids is 3. The van der Waals surface area contributed by atoms with Gasteiger partial charge in [0.1, 0.15) is 17.2 Å². The molecule has 140 valence electrons. The number of rotatable bonds is 7. The smallest absolute Gasteiger partial charge is 0.408 e. The van der Waals surface area contributed by atoms with Crippen molar-refractivity contribution in [1.82, 2.24) is 10.6 Å². The molecular formula is C16H29ClN2O5. The summed E-state index contributed by atoms with van der Waals surface area (Å²) in [6.07, 6.45) is 0.398. The van der Waals surface area contributed by atoms with Crippen LogP contribution in [0.1, 0.15) is 60.8 Å². The molecule has 0 spiro atoms. The van der Waals surface area contributed by atoms with Gasteiger partial charge in [0.25, 0.3) is 0 Å². The Labute approximate surface area is 148 Å². The maximum atomic E-state index is 11.7. The maximum Gasteiger partial charge on any atom is 0.408 e. The lowest BCUT2D eigenvalue weighted by molar-refractivity contribution is -0.113. The van der Waals surface area contributed by atoms with Gasteiger partial charge in [-0.3, -0.25) is 4.79 Å². The molecule has 0 aliphatic rings. The van der Waals surface area contributed by atoms with Gasteiger partial charge >= 0.3 is 12.2 Å². The van der Waals surface area contributed by atoms with Crippen LogP contribution in [-0.4, -0.2) is 41.2 Å². The van der Waals surface area contributed by atoms with Crippen molar-refractivity contribution in [2.45, 2.75) is 78.0 Å². The van der Waals surface area contributed by atoms with E-state index in [9.17, 15) is 14.4 Å². The minimum atomic E-state index is -0.817. The van der Waals surface area contributed by atoms with E-state index in [-0.39, 0.29) is 0 Å². The normalized spacial score (nSPS) is 13.0. The largest absolute Gasteiger partial charge is 0.444 e. The summed E-state index contributed by atoms with van der Waals surface area (Å²) < 4.78 is 10.2. The summed E-state index contributed by atoms with van der Waals surface area (Å²) in [7, 11) is 0. The van der Waals surface area contributed by atoms with Gasteiger partial charge in [-0.1, -0.05) is 0 Å². The molecule has 0 aromatic rings. The number of carbonyl (C=O) groups is 3. The van der Waals surface area contributed by atoms with Gasteiger partial charge in [0, 0.05) is 6.54 Å². The summed E-state index contributed by atoms with van der Waals surface area (Å²) in [5.41, 5.74) is -1.20. The van der Waals surface area contributed by atoms with Crippen LogP contribution in [0, 0.1) is 0 Å². The molecule has 0 aromatic heterocycles. The summed E-state index contributed by atoms with van der Waals surface area (Å²) in [4.78, 5) is 34.5. The van der Waals surface area contributed by atoms with Crippen LogP contribution < -0.4 is 10.6 Å². The fourth-order valence-corrected chi connectivity index (χ4v) is 1.83. The number of hydrogen-bond donors (Lipinski definition) is 2. The van der Waals surface area contributed by atoms with Gasteiger partial charge in [-0.15, -0.1) is 0 Å². The quantitative estimate of drug-likeness (QED) is 0.533.